The first-order valence-electron chi connectivity index (χ1n) is 5.03. The van der Waals surface area contributed by atoms with Gasteiger partial charge in [0.2, 0.25) is 5.91 Å². The van der Waals surface area contributed by atoms with Crippen LogP contribution in [0.4, 0.5) is 0 Å². The summed E-state index contributed by atoms with van der Waals surface area (Å²) in [5.74, 6) is 0.909. The topological polar surface area (TPSA) is 38.3 Å². The average Bonchev–Trinajstić information content (AvgIpc) is 2.24. The van der Waals surface area contributed by atoms with Gasteiger partial charge in [-0.2, -0.15) is 0 Å². The Balaban J connectivity index is 1.60. The summed E-state index contributed by atoms with van der Waals surface area (Å²) in [7, 11) is 0. The number of β-lactam (4-membered cyclic amide) rings is 1. The van der Waals surface area contributed by atoms with Crippen LogP contribution in [0.15, 0.2) is 42.2 Å². The third-order valence-electron chi connectivity index (χ3n) is 2.85. The number of ether oxygens (including phenoxy) is 1. The monoisotopic (exact) mass is 201 g/mol. The highest BCUT2D eigenvalue weighted by Gasteiger charge is 2.49. The van der Waals surface area contributed by atoms with Crippen molar-refractivity contribution < 1.29 is 9.53 Å². The van der Waals surface area contributed by atoms with E-state index in [0.717, 1.165) is 11.3 Å². The molecule has 0 bridgehead atoms. The third kappa shape index (κ3) is 1.31. The summed E-state index contributed by atoms with van der Waals surface area (Å²) in [5, 5.41) is 2.78. The maximum absolute atomic E-state index is 11.1. The van der Waals surface area contributed by atoms with Gasteiger partial charge in [0.25, 0.3) is 0 Å². The number of hydrogen-bond acceptors (Lipinski definition) is 2. The van der Waals surface area contributed by atoms with Gasteiger partial charge < -0.3 is 10.1 Å². The molecule has 0 saturated carbocycles. The zero-order chi connectivity index (χ0) is 10.3. The lowest BCUT2D eigenvalue weighted by atomic mass is 9.78. The Kier molecular flexibility index (Phi) is 1.78. The maximum Gasteiger partial charge on any atom is 0.233 e. The molecule has 1 saturated heterocycles. The highest BCUT2D eigenvalue weighted by Crippen LogP contribution is 2.35. The Morgan fingerprint density at radius 3 is 2.73 bits per heavy atom. The molecule has 3 rings (SSSR count). The number of hydrogen-bond donors (Lipinski definition) is 1. The van der Waals surface area contributed by atoms with E-state index in [0.29, 0.717) is 6.61 Å². The van der Waals surface area contributed by atoms with Gasteiger partial charge in [-0.05, 0) is 11.6 Å². The Morgan fingerprint density at radius 1 is 1.27 bits per heavy atom. The summed E-state index contributed by atoms with van der Waals surface area (Å²) >= 11 is 0. The maximum atomic E-state index is 11.1. The van der Waals surface area contributed by atoms with Gasteiger partial charge in [-0.1, -0.05) is 30.3 Å². The molecule has 1 amide bonds. The lowest BCUT2D eigenvalue weighted by Crippen LogP contribution is -2.63. The van der Waals surface area contributed by atoms with Crippen LogP contribution in [0.1, 0.15) is 5.56 Å². The van der Waals surface area contributed by atoms with Crippen LogP contribution in [0.3, 0.4) is 0 Å². The van der Waals surface area contributed by atoms with Crippen molar-refractivity contribution in [1.29, 1.82) is 0 Å². The number of rotatable bonds is 3. The van der Waals surface area contributed by atoms with Crippen molar-refractivity contribution in [3.05, 3.63) is 47.7 Å². The molecule has 0 aromatic heterocycles. The Bertz CT molecular complexity index is 425. The van der Waals surface area contributed by atoms with Gasteiger partial charge in [0.15, 0.2) is 0 Å². The van der Waals surface area contributed by atoms with E-state index in [2.05, 4.69) is 5.32 Å². The molecule has 3 heteroatoms. The van der Waals surface area contributed by atoms with Crippen LogP contribution in [0.25, 0.3) is 0 Å². The highest BCUT2D eigenvalue weighted by molar-refractivity contribution is 5.91. The standard InChI is InChI=1S/C12H11NO2/c14-12-11-9(13-12)6-10(11)15-7-8-4-2-1-3-5-8/h1-6,9,11H,7H2,(H,13,14)/t9-,11-/m1/s1. The van der Waals surface area contributed by atoms with E-state index in [4.69, 9.17) is 4.74 Å². The summed E-state index contributed by atoms with van der Waals surface area (Å²) in [6.45, 7) is 0.545. The van der Waals surface area contributed by atoms with E-state index in [1.165, 1.54) is 0 Å². The summed E-state index contributed by atoms with van der Waals surface area (Å²) in [5.41, 5.74) is 1.13. The molecular formula is C12H11NO2. The molecule has 76 valence electrons. The van der Waals surface area contributed by atoms with Gasteiger partial charge in [0, 0.05) is 0 Å². The zero-order valence-corrected chi connectivity index (χ0v) is 8.14. The minimum absolute atomic E-state index is 0.00582. The first kappa shape index (κ1) is 8.53. The van der Waals surface area contributed by atoms with Gasteiger partial charge in [-0.3, -0.25) is 4.79 Å². The van der Waals surface area contributed by atoms with Crippen LogP contribution in [-0.2, 0) is 16.1 Å². The summed E-state index contributed by atoms with van der Waals surface area (Å²) in [6, 6.07) is 10.2. The summed E-state index contributed by atoms with van der Waals surface area (Å²) < 4.78 is 5.57. The van der Waals surface area contributed by atoms with E-state index in [9.17, 15) is 4.79 Å². The number of carbonyl (C=O) groups excluding carboxylic acids is 1. The number of nitrogens with one attached hydrogen (secondary N) is 1. The van der Waals surface area contributed by atoms with Gasteiger partial charge in [0.1, 0.15) is 18.3 Å². The molecule has 2 aliphatic rings. The van der Waals surface area contributed by atoms with E-state index in [1.54, 1.807) is 0 Å². The van der Waals surface area contributed by atoms with Crippen molar-refractivity contribution in [1.82, 2.24) is 5.32 Å². The molecule has 0 spiro atoms. The van der Waals surface area contributed by atoms with Crippen molar-refractivity contribution >= 4 is 5.91 Å². The number of amides is 1. The van der Waals surface area contributed by atoms with E-state index in [-0.39, 0.29) is 17.9 Å². The fraction of sp³-hybridized carbons (Fsp3) is 0.250. The van der Waals surface area contributed by atoms with Crippen molar-refractivity contribution in [2.75, 3.05) is 0 Å². The zero-order valence-electron chi connectivity index (χ0n) is 8.14. The van der Waals surface area contributed by atoms with Crippen molar-refractivity contribution in [3.63, 3.8) is 0 Å². The third-order valence-corrected chi connectivity index (χ3v) is 2.85. The Morgan fingerprint density at radius 2 is 2.07 bits per heavy atom. The molecule has 0 unspecified atom stereocenters. The minimum Gasteiger partial charge on any atom is -0.493 e. The molecule has 15 heavy (non-hydrogen) atoms. The fourth-order valence-corrected chi connectivity index (χ4v) is 1.89. The second-order valence-electron chi connectivity index (χ2n) is 3.86. The molecule has 3 nitrogen and oxygen atoms in total. The number of fused-ring (bicyclic) bond motifs is 1. The van der Waals surface area contributed by atoms with E-state index < -0.39 is 0 Å². The first-order chi connectivity index (χ1) is 7.34. The van der Waals surface area contributed by atoms with Crippen LogP contribution in [0.5, 0.6) is 0 Å². The largest absolute Gasteiger partial charge is 0.493 e. The molecule has 1 aromatic rings. The van der Waals surface area contributed by atoms with Crippen molar-refractivity contribution in [2.45, 2.75) is 12.6 Å². The predicted octanol–water partition coefficient (Wildman–Crippen LogP) is 1.22. The Hall–Kier alpha value is -1.77. The number of benzene rings is 1. The molecule has 1 aliphatic heterocycles. The second-order valence-corrected chi connectivity index (χ2v) is 3.86. The Labute approximate surface area is 87.7 Å². The highest BCUT2D eigenvalue weighted by atomic mass is 16.5. The van der Waals surface area contributed by atoms with E-state index in [1.807, 2.05) is 36.4 Å². The molecular weight excluding hydrogens is 190 g/mol. The number of carbonyl (C=O) groups is 1. The molecule has 2 atom stereocenters. The lowest BCUT2D eigenvalue weighted by molar-refractivity contribution is -0.136. The SMILES string of the molecule is O=C1N[C@@H]2C=C(OCc3ccccc3)[C@H]12. The van der Waals surface area contributed by atoms with Gasteiger partial charge >= 0.3 is 0 Å². The lowest BCUT2D eigenvalue weighted by Gasteiger charge is -2.43. The molecule has 1 heterocycles. The van der Waals surface area contributed by atoms with Crippen LogP contribution in [-0.4, -0.2) is 11.9 Å². The van der Waals surface area contributed by atoms with Gasteiger partial charge in [-0.15, -0.1) is 0 Å². The van der Waals surface area contributed by atoms with Crippen LogP contribution >= 0.6 is 0 Å². The summed E-state index contributed by atoms with van der Waals surface area (Å²) in [6.07, 6.45) is 1.97. The molecule has 1 aliphatic carbocycles. The fourth-order valence-electron chi connectivity index (χ4n) is 1.89. The van der Waals surface area contributed by atoms with E-state index >= 15 is 0 Å². The van der Waals surface area contributed by atoms with Crippen LogP contribution < -0.4 is 5.32 Å². The van der Waals surface area contributed by atoms with Gasteiger partial charge in [0.05, 0.1) is 6.04 Å². The van der Waals surface area contributed by atoms with Crippen molar-refractivity contribution in [2.24, 2.45) is 5.92 Å². The van der Waals surface area contributed by atoms with Crippen molar-refractivity contribution in [3.8, 4) is 0 Å². The summed E-state index contributed by atoms with van der Waals surface area (Å²) in [4.78, 5) is 11.1. The minimum atomic E-state index is -0.00582. The average molecular weight is 201 g/mol. The molecule has 1 aromatic carbocycles. The van der Waals surface area contributed by atoms with Crippen LogP contribution in [0.2, 0.25) is 0 Å². The molecule has 1 fully saturated rings. The van der Waals surface area contributed by atoms with Gasteiger partial charge in [-0.25, -0.2) is 0 Å². The second kappa shape index (κ2) is 3.12. The predicted molar refractivity (Wildman–Crippen MR) is 54.7 cm³/mol. The van der Waals surface area contributed by atoms with Crippen LogP contribution in [0, 0.1) is 5.92 Å². The molecule has 0 radical (unpaired) electrons. The first-order valence-corrected chi connectivity index (χ1v) is 5.03. The molecule has 1 N–H and O–H groups in total. The quantitative estimate of drug-likeness (QED) is 0.746. The smallest absolute Gasteiger partial charge is 0.233 e. The normalized spacial score (nSPS) is 26.7.